The first-order valence-corrected chi connectivity index (χ1v) is 12.8. The topological polar surface area (TPSA) is 18.5 Å². The molecular formula is C28H32F6O2. The van der Waals surface area contributed by atoms with Gasteiger partial charge in [0.2, 0.25) is 0 Å². The van der Waals surface area contributed by atoms with E-state index < -0.39 is 35.4 Å². The average Bonchev–Trinajstić information content (AvgIpc) is 2.85. The molecule has 0 spiro atoms. The second kappa shape index (κ2) is 10.9. The number of hydrogen-bond donors (Lipinski definition) is 0. The Morgan fingerprint density at radius 2 is 1.33 bits per heavy atom. The largest absolute Gasteiger partial charge is 0.573 e. The maximum atomic E-state index is 14.7. The Kier molecular flexibility index (Phi) is 8.10. The van der Waals surface area contributed by atoms with Crippen molar-refractivity contribution in [2.45, 2.75) is 83.1 Å². The third-order valence-corrected chi connectivity index (χ3v) is 8.00. The Bertz CT molecular complexity index is 988. The SMILES string of the molecule is CC[C@H]1CC[C@H](C2CCC(c3ccc(C(F)(F)Oc4ccc(OC(F)(F)F)c(F)c4)cc3)CC2)CC1. The maximum Gasteiger partial charge on any atom is 0.573 e. The zero-order valence-corrected chi connectivity index (χ0v) is 20.3. The van der Waals surface area contributed by atoms with Crippen LogP contribution in [0.25, 0.3) is 0 Å². The van der Waals surface area contributed by atoms with E-state index in [9.17, 15) is 26.3 Å². The Morgan fingerprint density at radius 3 is 1.86 bits per heavy atom. The minimum atomic E-state index is -5.09. The molecule has 2 aliphatic carbocycles. The molecule has 0 aromatic heterocycles. The molecule has 2 aromatic carbocycles. The molecule has 0 N–H and O–H groups in total. The Hall–Kier alpha value is -2.38. The molecule has 0 amide bonds. The predicted molar refractivity (Wildman–Crippen MR) is 124 cm³/mol. The van der Waals surface area contributed by atoms with Gasteiger partial charge < -0.3 is 9.47 Å². The molecule has 2 saturated carbocycles. The van der Waals surface area contributed by atoms with Gasteiger partial charge >= 0.3 is 12.5 Å². The molecule has 2 fully saturated rings. The molecule has 8 heteroatoms. The van der Waals surface area contributed by atoms with Gasteiger partial charge in [-0.2, -0.15) is 8.78 Å². The van der Waals surface area contributed by atoms with Crippen LogP contribution in [0.3, 0.4) is 0 Å². The van der Waals surface area contributed by atoms with Crippen LogP contribution in [0.15, 0.2) is 42.5 Å². The van der Waals surface area contributed by atoms with Crippen LogP contribution in [-0.4, -0.2) is 6.36 Å². The summed E-state index contributed by atoms with van der Waals surface area (Å²) in [5, 5.41) is 0. The lowest BCUT2D eigenvalue weighted by Crippen LogP contribution is -2.25. The van der Waals surface area contributed by atoms with Crippen molar-refractivity contribution in [2.75, 3.05) is 0 Å². The van der Waals surface area contributed by atoms with Crippen molar-refractivity contribution < 1.29 is 35.8 Å². The Morgan fingerprint density at radius 1 is 0.750 bits per heavy atom. The summed E-state index contributed by atoms with van der Waals surface area (Å²) in [6.07, 6.45) is 2.20. The summed E-state index contributed by atoms with van der Waals surface area (Å²) in [6.45, 7) is 2.28. The molecular weight excluding hydrogens is 482 g/mol. The summed E-state index contributed by atoms with van der Waals surface area (Å²) < 4.78 is 88.1. The van der Waals surface area contributed by atoms with E-state index >= 15 is 0 Å². The lowest BCUT2D eigenvalue weighted by Gasteiger charge is -2.38. The van der Waals surface area contributed by atoms with Gasteiger partial charge in [-0.3, -0.25) is 0 Å². The smallest absolute Gasteiger partial charge is 0.429 e. The van der Waals surface area contributed by atoms with Crippen LogP contribution in [0.2, 0.25) is 0 Å². The van der Waals surface area contributed by atoms with Gasteiger partial charge in [0, 0.05) is 6.07 Å². The van der Waals surface area contributed by atoms with E-state index in [1.807, 2.05) is 0 Å². The van der Waals surface area contributed by atoms with Crippen LogP contribution >= 0.6 is 0 Å². The summed E-state index contributed by atoms with van der Waals surface area (Å²) in [7, 11) is 0. The second-order valence-corrected chi connectivity index (χ2v) is 10.2. The molecule has 36 heavy (non-hydrogen) atoms. The number of alkyl halides is 5. The van der Waals surface area contributed by atoms with Gasteiger partial charge in [-0.05, 0) is 92.0 Å². The van der Waals surface area contributed by atoms with Gasteiger partial charge in [-0.1, -0.05) is 38.3 Å². The first-order chi connectivity index (χ1) is 17.0. The number of benzene rings is 2. The number of hydrogen-bond acceptors (Lipinski definition) is 2. The fraction of sp³-hybridized carbons (Fsp3) is 0.571. The van der Waals surface area contributed by atoms with Crippen molar-refractivity contribution >= 4 is 0 Å². The molecule has 0 saturated heterocycles. The third-order valence-electron chi connectivity index (χ3n) is 8.00. The van der Waals surface area contributed by atoms with Gasteiger partial charge in [0.15, 0.2) is 11.6 Å². The lowest BCUT2D eigenvalue weighted by atomic mass is 9.68. The van der Waals surface area contributed by atoms with Gasteiger partial charge in [-0.15, -0.1) is 13.2 Å². The van der Waals surface area contributed by atoms with E-state index in [0.29, 0.717) is 18.1 Å². The molecule has 0 heterocycles. The maximum absolute atomic E-state index is 14.7. The van der Waals surface area contributed by atoms with Crippen molar-refractivity contribution in [3.8, 4) is 11.5 Å². The molecule has 0 radical (unpaired) electrons. The number of halogens is 6. The molecule has 2 aliphatic rings. The van der Waals surface area contributed by atoms with E-state index in [0.717, 1.165) is 42.2 Å². The molecule has 0 aliphatic heterocycles. The Labute approximate surface area is 208 Å². The molecule has 0 atom stereocenters. The molecule has 2 nitrogen and oxygen atoms in total. The summed E-state index contributed by atoms with van der Waals surface area (Å²) in [5.74, 6) is -0.361. The van der Waals surface area contributed by atoms with E-state index in [4.69, 9.17) is 0 Å². The van der Waals surface area contributed by atoms with Gasteiger partial charge in [-0.25, -0.2) is 4.39 Å². The average molecular weight is 515 g/mol. The highest BCUT2D eigenvalue weighted by molar-refractivity contribution is 5.34. The van der Waals surface area contributed by atoms with Gasteiger partial charge in [0.05, 0.1) is 5.56 Å². The van der Waals surface area contributed by atoms with Crippen LogP contribution in [0.4, 0.5) is 26.3 Å². The van der Waals surface area contributed by atoms with E-state index in [1.54, 1.807) is 12.1 Å². The summed E-state index contributed by atoms with van der Waals surface area (Å²) >= 11 is 0. The number of ether oxygens (including phenoxy) is 2. The minimum Gasteiger partial charge on any atom is -0.429 e. The van der Waals surface area contributed by atoms with Gasteiger partial charge in [0.1, 0.15) is 5.75 Å². The summed E-state index contributed by atoms with van der Waals surface area (Å²) in [4.78, 5) is 0. The quantitative estimate of drug-likeness (QED) is 0.343. The number of rotatable bonds is 7. The zero-order chi connectivity index (χ0) is 25.9. The van der Waals surface area contributed by atoms with E-state index in [-0.39, 0.29) is 0 Å². The predicted octanol–water partition coefficient (Wildman–Crippen LogP) is 9.34. The first kappa shape index (κ1) is 26.7. The minimum absolute atomic E-state index is 0.340. The molecule has 0 unspecified atom stereocenters. The highest BCUT2D eigenvalue weighted by Gasteiger charge is 2.36. The van der Waals surface area contributed by atoms with Crippen molar-refractivity contribution in [2.24, 2.45) is 17.8 Å². The van der Waals surface area contributed by atoms with E-state index in [1.165, 1.54) is 57.1 Å². The fourth-order valence-electron chi connectivity index (χ4n) is 5.90. The zero-order valence-electron chi connectivity index (χ0n) is 20.3. The van der Waals surface area contributed by atoms with Crippen molar-refractivity contribution in [1.29, 1.82) is 0 Å². The van der Waals surface area contributed by atoms with Gasteiger partial charge in [0.25, 0.3) is 0 Å². The highest BCUT2D eigenvalue weighted by atomic mass is 19.4. The van der Waals surface area contributed by atoms with Crippen molar-refractivity contribution in [1.82, 2.24) is 0 Å². The van der Waals surface area contributed by atoms with Crippen LogP contribution in [0, 0.1) is 23.6 Å². The summed E-state index contributed by atoms with van der Waals surface area (Å²) in [5.41, 5.74) is 0.603. The molecule has 0 bridgehead atoms. The molecule has 4 rings (SSSR count). The Balaban J connectivity index is 1.33. The van der Waals surface area contributed by atoms with Crippen molar-refractivity contribution in [3.63, 3.8) is 0 Å². The first-order valence-electron chi connectivity index (χ1n) is 12.8. The van der Waals surface area contributed by atoms with Crippen molar-refractivity contribution in [3.05, 3.63) is 59.4 Å². The monoisotopic (exact) mass is 514 g/mol. The molecule has 2 aromatic rings. The van der Waals surface area contributed by atoms with Crippen LogP contribution in [0.5, 0.6) is 11.5 Å². The molecule has 198 valence electrons. The second-order valence-electron chi connectivity index (χ2n) is 10.2. The highest BCUT2D eigenvalue weighted by Crippen LogP contribution is 2.44. The van der Waals surface area contributed by atoms with E-state index in [2.05, 4.69) is 16.4 Å². The lowest BCUT2D eigenvalue weighted by molar-refractivity contribution is -0.275. The van der Waals surface area contributed by atoms with Crippen LogP contribution in [0.1, 0.15) is 81.8 Å². The summed E-state index contributed by atoms with van der Waals surface area (Å²) in [6, 6.07) is 7.81. The van der Waals surface area contributed by atoms with Crippen LogP contribution in [-0.2, 0) is 6.11 Å². The fourth-order valence-corrected chi connectivity index (χ4v) is 5.90. The third kappa shape index (κ3) is 6.68. The standard InChI is InChI=1S/C28H32F6O2/c1-2-18-3-5-19(6-4-18)20-7-9-21(10-8-20)22-11-13-23(14-12-22)27(30,31)35-24-15-16-26(25(29)17-24)36-28(32,33)34/h11-21H,2-10H2,1H3/t18-,19-,20?,21?. The normalized spacial score (nSPS) is 25.4. The van der Waals surface area contributed by atoms with Crippen LogP contribution < -0.4 is 9.47 Å².